The van der Waals surface area contributed by atoms with Crippen LogP contribution in [0.1, 0.15) is 22.3 Å². The van der Waals surface area contributed by atoms with Gasteiger partial charge >= 0.3 is 0 Å². The van der Waals surface area contributed by atoms with Crippen molar-refractivity contribution >= 4 is 22.5 Å². The maximum atomic E-state index is 2.37. The summed E-state index contributed by atoms with van der Waals surface area (Å²) in [6, 6.07) is 58.5. The number of hydrogen-bond acceptors (Lipinski definition) is 1. The normalized spacial score (nSPS) is 13.8. The predicted octanol–water partition coefficient (Wildman–Crippen LogP) is 11.0. The van der Waals surface area contributed by atoms with Crippen LogP contribution in [0, 0.1) is 0 Å². The molecule has 196 valence electrons. The minimum atomic E-state index is -0.374. The van der Waals surface area contributed by atoms with Crippen LogP contribution in [0.3, 0.4) is 0 Å². The second-order valence-corrected chi connectivity index (χ2v) is 12.3. The van der Waals surface area contributed by atoms with E-state index in [1.165, 1.54) is 76.2 Å². The van der Waals surface area contributed by atoms with Crippen molar-refractivity contribution in [2.75, 3.05) is 0 Å². The molecule has 0 aromatic heterocycles. The first kappa shape index (κ1) is 23.8. The molecule has 2 aliphatic rings. The Labute approximate surface area is 250 Å². The van der Waals surface area contributed by atoms with E-state index in [-0.39, 0.29) is 5.41 Å². The largest absolute Gasteiger partial charge is 0.0888 e. The molecule has 9 rings (SSSR count). The average molecular weight is 551 g/mol. The molecule has 0 atom stereocenters. The molecule has 7 aromatic rings. The first-order valence-corrected chi connectivity index (χ1v) is 15.3. The lowest BCUT2D eigenvalue weighted by Crippen LogP contribution is -2.28. The SMILES string of the molecule is c1ccc(C2(c3ccc(-c4ccc5cccc6c5c4-c4ccccc4S6)cc3)c3ccccc3-c3ccccc32)cc1. The van der Waals surface area contributed by atoms with E-state index in [0.29, 0.717) is 0 Å². The Balaban J connectivity index is 1.29. The number of hydrogen-bond donors (Lipinski definition) is 0. The lowest BCUT2D eigenvalue weighted by Gasteiger charge is -2.34. The molecule has 0 radical (unpaired) electrons. The van der Waals surface area contributed by atoms with Gasteiger partial charge in [0.05, 0.1) is 5.41 Å². The van der Waals surface area contributed by atoms with Crippen LogP contribution in [0.4, 0.5) is 0 Å². The minimum absolute atomic E-state index is 0.374. The third-order valence-corrected chi connectivity index (χ3v) is 10.3. The van der Waals surface area contributed by atoms with E-state index in [9.17, 15) is 0 Å². The highest BCUT2D eigenvalue weighted by atomic mass is 32.2. The molecule has 0 saturated heterocycles. The quantitative estimate of drug-likeness (QED) is 0.211. The summed E-state index contributed by atoms with van der Waals surface area (Å²) in [6.45, 7) is 0. The molecule has 1 heteroatoms. The summed E-state index contributed by atoms with van der Waals surface area (Å²) >= 11 is 1.88. The maximum absolute atomic E-state index is 2.37. The molecule has 42 heavy (non-hydrogen) atoms. The van der Waals surface area contributed by atoms with Gasteiger partial charge in [-0.15, -0.1) is 0 Å². The molecular weight excluding hydrogens is 525 g/mol. The third-order valence-electron chi connectivity index (χ3n) is 9.17. The molecule has 0 unspecified atom stereocenters. The zero-order valence-electron chi connectivity index (χ0n) is 22.9. The molecule has 7 aromatic carbocycles. The standard InChI is InChI=1S/C41H26S/c1-2-12-29(13-3-1)41(35-17-7-4-14-32(35)33-15-5-8-18-36(33)41)30-24-21-27(22-25-30)31-26-23-28-11-10-20-38-39(28)40(31)34-16-6-9-19-37(34)42-38/h1-26H. The smallest absolute Gasteiger partial charge is 0.0713 e. The van der Waals surface area contributed by atoms with E-state index < -0.39 is 0 Å². The van der Waals surface area contributed by atoms with Crippen LogP contribution in [0.2, 0.25) is 0 Å². The van der Waals surface area contributed by atoms with Gasteiger partial charge in [0.25, 0.3) is 0 Å². The second-order valence-electron chi connectivity index (χ2n) is 11.2. The highest BCUT2D eigenvalue weighted by Crippen LogP contribution is 2.56. The Hall–Kier alpha value is -4.85. The molecule has 0 saturated carbocycles. The van der Waals surface area contributed by atoms with E-state index in [4.69, 9.17) is 0 Å². The van der Waals surface area contributed by atoms with Crippen molar-refractivity contribution in [3.8, 4) is 33.4 Å². The molecule has 0 bridgehead atoms. The summed E-state index contributed by atoms with van der Waals surface area (Å²) < 4.78 is 0. The van der Waals surface area contributed by atoms with Gasteiger partial charge in [-0.25, -0.2) is 0 Å². The summed E-state index contributed by atoms with van der Waals surface area (Å²) in [4.78, 5) is 2.66. The first-order chi connectivity index (χ1) is 20.8. The fourth-order valence-corrected chi connectivity index (χ4v) is 8.58. The Morgan fingerprint density at radius 3 is 1.71 bits per heavy atom. The Kier molecular flexibility index (Phi) is 5.15. The van der Waals surface area contributed by atoms with Crippen LogP contribution in [0.5, 0.6) is 0 Å². The number of rotatable bonds is 3. The Morgan fingerprint density at radius 2 is 0.976 bits per heavy atom. The van der Waals surface area contributed by atoms with E-state index in [2.05, 4.69) is 158 Å². The van der Waals surface area contributed by atoms with Gasteiger partial charge in [-0.2, -0.15) is 0 Å². The van der Waals surface area contributed by atoms with Crippen LogP contribution in [0.15, 0.2) is 168 Å². The third kappa shape index (κ3) is 3.20. The molecular formula is C41H26S. The fraction of sp³-hybridized carbons (Fsp3) is 0.0244. The zero-order chi connectivity index (χ0) is 27.7. The molecule has 1 heterocycles. The van der Waals surface area contributed by atoms with Gasteiger partial charge in [0, 0.05) is 15.2 Å². The van der Waals surface area contributed by atoms with Crippen LogP contribution in [-0.2, 0) is 5.41 Å². The molecule has 1 aliphatic carbocycles. The molecule has 0 fully saturated rings. The van der Waals surface area contributed by atoms with E-state index in [1.807, 2.05) is 11.8 Å². The summed E-state index contributed by atoms with van der Waals surface area (Å²) in [5.41, 5.74) is 12.8. The van der Waals surface area contributed by atoms with Gasteiger partial charge in [-0.05, 0) is 73.2 Å². The van der Waals surface area contributed by atoms with Gasteiger partial charge in [-0.3, -0.25) is 0 Å². The van der Waals surface area contributed by atoms with Crippen LogP contribution in [0.25, 0.3) is 44.2 Å². The summed E-state index contributed by atoms with van der Waals surface area (Å²) in [7, 11) is 0. The van der Waals surface area contributed by atoms with Crippen LogP contribution < -0.4 is 0 Å². The summed E-state index contributed by atoms with van der Waals surface area (Å²) in [5.74, 6) is 0. The van der Waals surface area contributed by atoms with Gasteiger partial charge in [0.2, 0.25) is 0 Å². The van der Waals surface area contributed by atoms with Gasteiger partial charge in [-0.1, -0.05) is 157 Å². The van der Waals surface area contributed by atoms with Crippen molar-refractivity contribution in [2.24, 2.45) is 0 Å². The lowest BCUT2D eigenvalue weighted by atomic mass is 9.67. The highest BCUT2D eigenvalue weighted by molar-refractivity contribution is 7.99. The Morgan fingerprint density at radius 1 is 0.381 bits per heavy atom. The number of fused-ring (bicyclic) bond motifs is 5. The minimum Gasteiger partial charge on any atom is -0.0888 e. The molecule has 0 nitrogen and oxygen atoms in total. The molecule has 1 aliphatic heterocycles. The maximum Gasteiger partial charge on any atom is 0.0713 e. The van der Waals surface area contributed by atoms with E-state index >= 15 is 0 Å². The van der Waals surface area contributed by atoms with Crippen molar-refractivity contribution < 1.29 is 0 Å². The molecule has 0 amide bonds. The fourth-order valence-electron chi connectivity index (χ4n) is 7.44. The Bertz CT molecular complexity index is 2110. The predicted molar refractivity (Wildman–Crippen MR) is 176 cm³/mol. The van der Waals surface area contributed by atoms with Crippen molar-refractivity contribution in [3.05, 3.63) is 180 Å². The number of benzene rings is 7. The molecule has 0 N–H and O–H groups in total. The van der Waals surface area contributed by atoms with Crippen molar-refractivity contribution in [2.45, 2.75) is 15.2 Å². The monoisotopic (exact) mass is 550 g/mol. The van der Waals surface area contributed by atoms with Crippen molar-refractivity contribution in [1.82, 2.24) is 0 Å². The van der Waals surface area contributed by atoms with Crippen LogP contribution in [-0.4, -0.2) is 0 Å². The molecule has 0 spiro atoms. The zero-order valence-corrected chi connectivity index (χ0v) is 23.7. The summed E-state index contributed by atoms with van der Waals surface area (Å²) in [6.07, 6.45) is 0. The van der Waals surface area contributed by atoms with Crippen LogP contribution >= 0.6 is 11.8 Å². The van der Waals surface area contributed by atoms with Gasteiger partial charge in [0.1, 0.15) is 0 Å². The first-order valence-electron chi connectivity index (χ1n) is 14.5. The average Bonchev–Trinajstić information content (AvgIpc) is 3.37. The van der Waals surface area contributed by atoms with Gasteiger partial charge < -0.3 is 0 Å². The summed E-state index contributed by atoms with van der Waals surface area (Å²) in [5, 5.41) is 2.66. The topological polar surface area (TPSA) is 0 Å². The van der Waals surface area contributed by atoms with Crippen molar-refractivity contribution in [3.63, 3.8) is 0 Å². The highest BCUT2D eigenvalue weighted by Gasteiger charge is 2.45. The van der Waals surface area contributed by atoms with Crippen molar-refractivity contribution in [1.29, 1.82) is 0 Å². The van der Waals surface area contributed by atoms with Gasteiger partial charge in [0.15, 0.2) is 0 Å². The lowest BCUT2D eigenvalue weighted by molar-refractivity contribution is 0.768. The van der Waals surface area contributed by atoms with E-state index in [1.54, 1.807) is 0 Å². The second kappa shape index (κ2) is 9.08. The van der Waals surface area contributed by atoms with E-state index in [0.717, 1.165) is 0 Å².